The van der Waals surface area contributed by atoms with Crippen molar-refractivity contribution < 1.29 is 9.53 Å². The number of rotatable bonds is 6. The van der Waals surface area contributed by atoms with Crippen molar-refractivity contribution in [3.05, 3.63) is 0 Å². The lowest BCUT2D eigenvalue weighted by molar-refractivity contribution is -0.119. The monoisotopic (exact) mass is 296 g/mol. The maximum atomic E-state index is 11.7. The van der Waals surface area contributed by atoms with Crippen LogP contribution in [0.2, 0.25) is 0 Å². The molecule has 2 N–H and O–H groups in total. The smallest absolute Gasteiger partial charge is 0.242 e. The zero-order chi connectivity index (χ0) is 15.1. The first-order valence-electron chi connectivity index (χ1n) is 8.17. The molecule has 1 heterocycles. The molecule has 2 rings (SSSR count). The number of carbonyl (C=O) groups excluding carboxylic acids is 1. The van der Waals surface area contributed by atoms with Crippen LogP contribution >= 0.6 is 0 Å². The molecule has 1 saturated carbocycles. The van der Waals surface area contributed by atoms with E-state index in [1.807, 2.05) is 13.8 Å². The van der Waals surface area contributed by atoms with Gasteiger partial charge in [-0.15, -0.1) is 0 Å². The first-order chi connectivity index (χ1) is 10.2. The van der Waals surface area contributed by atoms with Gasteiger partial charge in [0.15, 0.2) is 5.96 Å². The highest BCUT2D eigenvalue weighted by Gasteiger charge is 2.24. The van der Waals surface area contributed by atoms with Crippen LogP contribution in [0.4, 0.5) is 0 Å². The van der Waals surface area contributed by atoms with Gasteiger partial charge in [0.1, 0.15) is 6.54 Å². The Labute approximate surface area is 127 Å². The van der Waals surface area contributed by atoms with Gasteiger partial charge >= 0.3 is 0 Å². The number of nitrogens with zero attached hydrogens (tertiary/aromatic N) is 2. The van der Waals surface area contributed by atoms with Crippen LogP contribution in [-0.2, 0) is 9.53 Å². The highest BCUT2D eigenvalue weighted by atomic mass is 16.5. The average Bonchev–Trinajstić information content (AvgIpc) is 3.29. The van der Waals surface area contributed by atoms with Crippen molar-refractivity contribution in [1.82, 2.24) is 15.5 Å². The molecule has 2 fully saturated rings. The topological polar surface area (TPSA) is 66.0 Å². The lowest BCUT2D eigenvalue weighted by Crippen LogP contribution is -2.47. The van der Waals surface area contributed by atoms with Gasteiger partial charge in [-0.3, -0.25) is 4.79 Å². The maximum absolute atomic E-state index is 11.7. The van der Waals surface area contributed by atoms with E-state index in [0.29, 0.717) is 12.1 Å². The van der Waals surface area contributed by atoms with E-state index < -0.39 is 0 Å². The lowest BCUT2D eigenvalue weighted by Gasteiger charge is -2.34. The van der Waals surface area contributed by atoms with Crippen LogP contribution in [0, 0.1) is 0 Å². The lowest BCUT2D eigenvalue weighted by atomic mass is 10.1. The Morgan fingerprint density at radius 2 is 1.95 bits per heavy atom. The van der Waals surface area contributed by atoms with E-state index in [2.05, 4.69) is 20.5 Å². The van der Waals surface area contributed by atoms with Crippen LogP contribution in [0.25, 0.3) is 0 Å². The van der Waals surface area contributed by atoms with Crippen LogP contribution in [0.3, 0.4) is 0 Å². The number of hydrogen-bond acceptors (Lipinski definition) is 3. The molecule has 6 nitrogen and oxygen atoms in total. The van der Waals surface area contributed by atoms with Gasteiger partial charge in [-0.05, 0) is 39.5 Å². The number of carbonyl (C=O) groups is 1. The summed E-state index contributed by atoms with van der Waals surface area (Å²) in [5, 5.41) is 6.24. The summed E-state index contributed by atoms with van der Waals surface area (Å²) in [5.74, 6) is 0.871. The Kier molecular flexibility index (Phi) is 6.29. The van der Waals surface area contributed by atoms with E-state index in [1.165, 1.54) is 0 Å². The Morgan fingerprint density at radius 3 is 2.52 bits per heavy atom. The average molecular weight is 296 g/mol. The molecule has 1 aliphatic carbocycles. The third-order valence-electron chi connectivity index (χ3n) is 3.79. The molecule has 2 aliphatic rings. The van der Waals surface area contributed by atoms with Crippen molar-refractivity contribution in [2.75, 3.05) is 32.8 Å². The van der Waals surface area contributed by atoms with Crippen LogP contribution in [0.5, 0.6) is 0 Å². The third kappa shape index (κ3) is 5.53. The quantitative estimate of drug-likeness (QED) is 0.560. The van der Waals surface area contributed by atoms with Gasteiger partial charge in [0.25, 0.3) is 0 Å². The number of aliphatic imine (C=N–C) groups is 1. The summed E-state index contributed by atoms with van der Waals surface area (Å²) in [5.41, 5.74) is 0. The van der Waals surface area contributed by atoms with Gasteiger partial charge in [0.2, 0.25) is 5.91 Å². The second kappa shape index (κ2) is 8.22. The number of guanidine groups is 1. The predicted molar refractivity (Wildman–Crippen MR) is 83.4 cm³/mol. The minimum absolute atomic E-state index is 0.0251. The van der Waals surface area contributed by atoms with E-state index in [0.717, 1.165) is 57.9 Å². The third-order valence-corrected chi connectivity index (χ3v) is 3.79. The second-order valence-corrected chi connectivity index (χ2v) is 5.65. The number of ether oxygens (including phenoxy) is 1. The Hall–Kier alpha value is -1.30. The molecule has 0 atom stereocenters. The molecular weight excluding hydrogens is 268 g/mol. The molecule has 1 amide bonds. The fraction of sp³-hybridized carbons (Fsp3) is 0.867. The first kappa shape index (κ1) is 16.1. The number of nitrogens with one attached hydrogen (secondary N) is 2. The van der Waals surface area contributed by atoms with E-state index in [-0.39, 0.29) is 12.5 Å². The van der Waals surface area contributed by atoms with Gasteiger partial charge in [-0.25, -0.2) is 4.99 Å². The predicted octanol–water partition coefficient (Wildman–Crippen LogP) is 0.731. The van der Waals surface area contributed by atoms with E-state index in [1.54, 1.807) is 0 Å². The number of piperidine rings is 1. The molecule has 0 aromatic carbocycles. The molecule has 0 bridgehead atoms. The number of amides is 1. The van der Waals surface area contributed by atoms with Crippen molar-refractivity contribution >= 4 is 11.9 Å². The van der Waals surface area contributed by atoms with Gasteiger partial charge in [-0.1, -0.05) is 0 Å². The summed E-state index contributed by atoms with van der Waals surface area (Å²) in [6.07, 6.45) is 4.63. The van der Waals surface area contributed by atoms with Crippen molar-refractivity contribution in [3.63, 3.8) is 0 Å². The molecule has 0 aromatic heterocycles. The van der Waals surface area contributed by atoms with E-state index in [4.69, 9.17) is 4.74 Å². The highest BCUT2D eigenvalue weighted by molar-refractivity contribution is 5.85. The molecule has 1 saturated heterocycles. The zero-order valence-electron chi connectivity index (χ0n) is 13.2. The highest BCUT2D eigenvalue weighted by Crippen LogP contribution is 2.18. The van der Waals surface area contributed by atoms with Crippen LogP contribution in [0.1, 0.15) is 39.5 Å². The van der Waals surface area contributed by atoms with Gasteiger partial charge in [0, 0.05) is 32.3 Å². The molecule has 0 spiro atoms. The van der Waals surface area contributed by atoms with Gasteiger partial charge in [-0.2, -0.15) is 0 Å². The largest absolute Gasteiger partial charge is 0.378 e. The summed E-state index contributed by atoms with van der Waals surface area (Å²) >= 11 is 0. The summed E-state index contributed by atoms with van der Waals surface area (Å²) in [7, 11) is 0. The summed E-state index contributed by atoms with van der Waals surface area (Å²) in [6.45, 7) is 7.75. The molecule has 0 unspecified atom stereocenters. The molecule has 6 heteroatoms. The standard InChI is InChI=1S/C15H28N4O2/c1-3-16-15(17-11-14(20)18-12-5-6-12)19-9-7-13(8-10-19)21-4-2/h12-13H,3-11H2,1-2H3,(H,16,17)(H,18,20). The fourth-order valence-electron chi connectivity index (χ4n) is 2.54. The van der Waals surface area contributed by atoms with Crippen LogP contribution in [0.15, 0.2) is 4.99 Å². The molecular formula is C15H28N4O2. The molecule has 0 radical (unpaired) electrons. The SMILES string of the molecule is CCNC(=NCC(=O)NC1CC1)N1CCC(OCC)CC1. The number of likely N-dealkylation sites (tertiary alicyclic amines) is 1. The minimum Gasteiger partial charge on any atom is -0.378 e. The van der Waals surface area contributed by atoms with Gasteiger partial charge in [0.05, 0.1) is 6.10 Å². The van der Waals surface area contributed by atoms with Crippen molar-refractivity contribution in [1.29, 1.82) is 0 Å². The van der Waals surface area contributed by atoms with E-state index >= 15 is 0 Å². The van der Waals surface area contributed by atoms with E-state index in [9.17, 15) is 4.79 Å². The fourth-order valence-corrected chi connectivity index (χ4v) is 2.54. The van der Waals surface area contributed by atoms with Crippen LogP contribution in [-0.4, -0.2) is 61.7 Å². The summed E-state index contributed by atoms with van der Waals surface area (Å²) in [4.78, 5) is 18.4. The Morgan fingerprint density at radius 1 is 1.24 bits per heavy atom. The first-order valence-corrected chi connectivity index (χ1v) is 8.17. The Balaban J connectivity index is 1.81. The molecule has 1 aliphatic heterocycles. The maximum Gasteiger partial charge on any atom is 0.242 e. The molecule has 0 aromatic rings. The molecule has 120 valence electrons. The zero-order valence-corrected chi connectivity index (χ0v) is 13.2. The Bertz CT molecular complexity index is 361. The number of hydrogen-bond donors (Lipinski definition) is 2. The van der Waals surface area contributed by atoms with Crippen molar-refractivity contribution in [2.24, 2.45) is 4.99 Å². The summed E-state index contributed by atoms with van der Waals surface area (Å²) < 4.78 is 5.67. The summed E-state index contributed by atoms with van der Waals surface area (Å²) in [6, 6.07) is 0.400. The normalized spacial score (nSPS) is 20.5. The van der Waals surface area contributed by atoms with Gasteiger partial charge < -0.3 is 20.3 Å². The second-order valence-electron chi connectivity index (χ2n) is 5.65. The van der Waals surface area contributed by atoms with Crippen molar-refractivity contribution in [3.8, 4) is 0 Å². The molecule has 21 heavy (non-hydrogen) atoms. The van der Waals surface area contributed by atoms with Crippen LogP contribution < -0.4 is 10.6 Å². The minimum atomic E-state index is 0.0251. The van der Waals surface area contributed by atoms with Crippen molar-refractivity contribution in [2.45, 2.75) is 51.7 Å².